The summed E-state index contributed by atoms with van der Waals surface area (Å²) >= 11 is 4.14. The van der Waals surface area contributed by atoms with Crippen LogP contribution in [0, 0.1) is 0 Å². The summed E-state index contributed by atoms with van der Waals surface area (Å²) in [6.07, 6.45) is 0.228. The van der Waals surface area contributed by atoms with Crippen LogP contribution in [0.5, 0.6) is 0 Å². The molecule has 1 aromatic rings. The summed E-state index contributed by atoms with van der Waals surface area (Å²) in [5, 5.41) is 2.51. The van der Waals surface area contributed by atoms with Crippen LogP contribution in [-0.4, -0.2) is 17.9 Å². The van der Waals surface area contributed by atoms with Crippen LogP contribution in [0.1, 0.15) is 12.5 Å². The molecular weight excluding hydrogens is 224 g/mol. The Balaban J connectivity index is 2.52. The molecule has 1 aromatic carbocycles. The molecular formula is C11H14N2O2S. The molecule has 0 aliphatic rings. The molecule has 1 rings (SSSR count). The second-order valence-electron chi connectivity index (χ2n) is 3.53. The fourth-order valence-corrected chi connectivity index (χ4v) is 1.31. The third-order valence-corrected chi connectivity index (χ3v) is 2.40. The Morgan fingerprint density at radius 3 is 2.44 bits per heavy atom. The SMILES string of the molecule is CC(NC(=O)Cc1ccc(S)cc1)C(N)=O. The van der Waals surface area contributed by atoms with Crippen molar-refractivity contribution in [2.24, 2.45) is 5.73 Å². The van der Waals surface area contributed by atoms with Crippen molar-refractivity contribution in [3.63, 3.8) is 0 Å². The second-order valence-corrected chi connectivity index (χ2v) is 4.05. The summed E-state index contributed by atoms with van der Waals surface area (Å²) < 4.78 is 0. The molecule has 0 bridgehead atoms. The first-order valence-electron chi connectivity index (χ1n) is 4.85. The van der Waals surface area contributed by atoms with Crippen LogP contribution in [0.4, 0.5) is 0 Å². The summed E-state index contributed by atoms with van der Waals surface area (Å²) in [6, 6.07) is 6.61. The van der Waals surface area contributed by atoms with Crippen molar-refractivity contribution in [1.82, 2.24) is 5.32 Å². The largest absolute Gasteiger partial charge is 0.368 e. The van der Waals surface area contributed by atoms with Crippen molar-refractivity contribution in [2.45, 2.75) is 24.3 Å². The molecule has 0 saturated heterocycles. The molecule has 0 aromatic heterocycles. The quantitative estimate of drug-likeness (QED) is 0.669. The summed E-state index contributed by atoms with van der Waals surface area (Å²) in [7, 11) is 0. The lowest BCUT2D eigenvalue weighted by Gasteiger charge is -2.09. The molecule has 16 heavy (non-hydrogen) atoms. The van der Waals surface area contributed by atoms with Gasteiger partial charge in [0.05, 0.1) is 6.42 Å². The molecule has 0 saturated carbocycles. The average molecular weight is 238 g/mol. The molecule has 0 aliphatic carbocycles. The Morgan fingerprint density at radius 2 is 1.94 bits per heavy atom. The Kier molecular flexibility index (Phi) is 4.37. The van der Waals surface area contributed by atoms with Crippen LogP contribution in [-0.2, 0) is 16.0 Å². The van der Waals surface area contributed by atoms with Gasteiger partial charge in [-0.1, -0.05) is 12.1 Å². The van der Waals surface area contributed by atoms with Crippen LogP contribution < -0.4 is 11.1 Å². The van der Waals surface area contributed by atoms with Gasteiger partial charge >= 0.3 is 0 Å². The molecule has 0 heterocycles. The number of nitrogens with one attached hydrogen (secondary N) is 1. The highest BCUT2D eigenvalue weighted by Gasteiger charge is 2.11. The minimum Gasteiger partial charge on any atom is -0.368 e. The predicted octanol–water partition coefficient (Wildman–Crippen LogP) is 0.508. The van der Waals surface area contributed by atoms with Gasteiger partial charge in [0.2, 0.25) is 11.8 Å². The smallest absolute Gasteiger partial charge is 0.239 e. The zero-order valence-electron chi connectivity index (χ0n) is 8.93. The number of carbonyl (C=O) groups excluding carboxylic acids is 2. The van der Waals surface area contributed by atoms with Gasteiger partial charge in [-0.05, 0) is 24.6 Å². The Morgan fingerprint density at radius 1 is 1.38 bits per heavy atom. The Labute approximate surface area is 99.6 Å². The fraction of sp³-hybridized carbons (Fsp3) is 0.273. The number of rotatable bonds is 4. The summed E-state index contributed by atoms with van der Waals surface area (Å²) in [5.41, 5.74) is 5.90. The van der Waals surface area contributed by atoms with Crippen LogP contribution in [0.25, 0.3) is 0 Å². The van der Waals surface area contributed by atoms with E-state index in [2.05, 4.69) is 17.9 Å². The number of nitrogens with two attached hydrogens (primary N) is 1. The molecule has 2 amide bonds. The Bertz CT molecular complexity index is 389. The molecule has 3 N–H and O–H groups in total. The number of hydrogen-bond donors (Lipinski definition) is 3. The van der Waals surface area contributed by atoms with E-state index in [9.17, 15) is 9.59 Å². The first-order valence-corrected chi connectivity index (χ1v) is 5.30. The van der Waals surface area contributed by atoms with Gasteiger partial charge in [0.1, 0.15) is 6.04 Å². The molecule has 0 fully saturated rings. The van der Waals surface area contributed by atoms with Crippen LogP contribution in [0.3, 0.4) is 0 Å². The lowest BCUT2D eigenvalue weighted by Crippen LogP contribution is -2.42. The molecule has 0 radical (unpaired) electrons. The highest BCUT2D eigenvalue weighted by molar-refractivity contribution is 7.80. The number of benzene rings is 1. The van der Waals surface area contributed by atoms with Gasteiger partial charge in [-0.25, -0.2) is 0 Å². The zero-order valence-corrected chi connectivity index (χ0v) is 9.83. The number of carbonyl (C=O) groups is 2. The van der Waals surface area contributed by atoms with Crippen molar-refractivity contribution < 1.29 is 9.59 Å². The van der Waals surface area contributed by atoms with Crippen molar-refractivity contribution >= 4 is 24.4 Å². The van der Waals surface area contributed by atoms with Gasteiger partial charge in [-0.15, -0.1) is 12.6 Å². The van der Waals surface area contributed by atoms with E-state index in [0.717, 1.165) is 10.5 Å². The van der Waals surface area contributed by atoms with Gasteiger partial charge in [-0.3, -0.25) is 9.59 Å². The topological polar surface area (TPSA) is 72.2 Å². The molecule has 5 heteroatoms. The zero-order chi connectivity index (χ0) is 12.1. The van der Waals surface area contributed by atoms with E-state index in [1.54, 1.807) is 6.92 Å². The van der Waals surface area contributed by atoms with Gasteiger partial charge < -0.3 is 11.1 Å². The van der Waals surface area contributed by atoms with E-state index in [-0.39, 0.29) is 12.3 Å². The monoisotopic (exact) mass is 238 g/mol. The number of thiol groups is 1. The first kappa shape index (κ1) is 12.6. The van der Waals surface area contributed by atoms with Crippen LogP contribution >= 0.6 is 12.6 Å². The molecule has 0 spiro atoms. The summed E-state index contributed by atoms with van der Waals surface area (Å²) in [6.45, 7) is 1.55. The van der Waals surface area contributed by atoms with E-state index in [1.165, 1.54) is 0 Å². The van der Waals surface area contributed by atoms with Crippen LogP contribution in [0.15, 0.2) is 29.2 Å². The molecule has 1 atom stereocenters. The van der Waals surface area contributed by atoms with Crippen molar-refractivity contribution in [3.05, 3.63) is 29.8 Å². The van der Waals surface area contributed by atoms with E-state index >= 15 is 0 Å². The maximum atomic E-state index is 11.5. The van der Waals surface area contributed by atoms with E-state index in [4.69, 9.17) is 5.73 Å². The van der Waals surface area contributed by atoms with Gasteiger partial charge in [-0.2, -0.15) is 0 Å². The van der Waals surface area contributed by atoms with Crippen molar-refractivity contribution in [2.75, 3.05) is 0 Å². The first-order chi connectivity index (χ1) is 7.49. The highest BCUT2D eigenvalue weighted by atomic mass is 32.1. The minimum absolute atomic E-state index is 0.224. The maximum Gasteiger partial charge on any atom is 0.239 e. The molecule has 86 valence electrons. The number of primary amides is 1. The van der Waals surface area contributed by atoms with E-state index in [0.29, 0.717) is 0 Å². The minimum atomic E-state index is -0.642. The van der Waals surface area contributed by atoms with Crippen molar-refractivity contribution in [3.8, 4) is 0 Å². The lowest BCUT2D eigenvalue weighted by molar-refractivity contribution is -0.126. The third kappa shape index (κ3) is 3.94. The third-order valence-electron chi connectivity index (χ3n) is 2.11. The van der Waals surface area contributed by atoms with Gasteiger partial charge in [0.15, 0.2) is 0 Å². The highest BCUT2D eigenvalue weighted by Crippen LogP contribution is 2.08. The molecule has 1 unspecified atom stereocenters. The van der Waals surface area contributed by atoms with Gasteiger partial charge in [0, 0.05) is 4.90 Å². The standard InChI is InChI=1S/C11H14N2O2S/c1-7(11(12)15)13-10(14)6-8-2-4-9(16)5-3-8/h2-5,7,16H,6H2,1H3,(H2,12,15)(H,13,14). The molecule has 4 nitrogen and oxygen atoms in total. The van der Waals surface area contributed by atoms with Crippen molar-refractivity contribution in [1.29, 1.82) is 0 Å². The summed E-state index contributed by atoms with van der Waals surface area (Å²) in [5.74, 6) is -0.766. The lowest BCUT2D eigenvalue weighted by atomic mass is 10.1. The van der Waals surface area contributed by atoms with Gasteiger partial charge in [0.25, 0.3) is 0 Å². The Hall–Kier alpha value is -1.49. The summed E-state index contributed by atoms with van der Waals surface area (Å²) in [4.78, 5) is 23.0. The molecule has 0 aliphatic heterocycles. The number of amides is 2. The number of hydrogen-bond acceptors (Lipinski definition) is 3. The average Bonchev–Trinajstić information content (AvgIpc) is 2.21. The van der Waals surface area contributed by atoms with E-state index < -0.39 is 11.9 Å². The van der Waals surface area contributed by atoms with E-state index in [1.807, 2.05) is 24.3 Å². The van der Waals surface area contributed by atoms with Crippen LogP contribution in [0.2, 0.25) is 0 Å². The fourth-order valence-electron chi connectivity index (χ4n) is 1.16. The second kappa shape index (κ2) is 5.55. The maximum absolute atomic E-state index is 11.5. The normalized spacial score (nSPS) is 11.9. The predicted molar refractivity (Wildman–Crippen MR) is 64.2 cm³/mol.